The first-order valence-corrected chi connectivity index (χ1v) is 14.1. The fraction of sp³-hybridized carbons (Fsp3) is 0.433. The van der Waals surface area contributed by atoms with Crippen LogP contribution in [0.25, 0.3) is 11.1 Å². The maximum Gasteiger partial charge on any atom is 0.264 e. The molecule has 1 amide bonds. The van der Waals surface area contributed by atoms with Gasteiger partial charge in [-0.2, -0.15) is 0 Å². The number of carbonyl (C=O) groups excluding carboxylic acids is 1. The lowest BCUT2D eigenvalue weighted by molar-refractivity contribution is -0.00546. The lowest BCUT2D eigenvalue weighted by Gasteiger charge is -2.39. The zero-order valence-electron chi connectivity index (χ0n) is 24.3. The minimum absolute atomic E-state index is 0.0100. The Hall–Kier alpha value is -3.97. The van der Waals surface area contributed by atoms with Crippen molar-refractivity contribution in [1.29, 1.82) is 0 Å². The van der Waals surface area contributed by atoms with Gasteiger partial charge >= 0.3 is 0 Å². The van der Waals surface area contributed by atoms with E-state index in [-0.39, 0.29) is 35.2 Å². The summed E-state index contributed by atoms with van der Waals surface area (Å²) in [5.41, 5.74) is -2.70. The molecule has 0 bridgehead atoms. The summed E-state index contributed by atoms with van der Waals surface area (Å²) >= 11 is 0. The molecule has 2 aliphatic heterocycles. The maximum atomic E-state index is 16.4. The van der Waals surface area contributed by atoms with Gasteiger partial charge in [-0.3, -0.25) is 9.59 Å². The minimum atomic E-state index is -3.13. The summed E-state index contributed by atoms with van der Waals surface area (Å²) in [6.45, 7) is 8.51. The Kier molecular flexibility index (Phi) is 8.74. The predicted molar refractivity (Wildman–Crippen MR) is 156 cm³/mol. The van der Waals surface area contributed by atoms with Gasteiger partial charge in [-0.1, -0.05) is 0 Å². The number of hydrogen-bond donors (Lipinski definition) is 2. The third kappa shape index (κ3) is 6.37. The molecule has 0 saturated carbocycles. The van der Waals surface area contributed by atoms with Crippen LogP contribution < -0.4 is 20.7 Å². The van der Waals surface area contributed by atoms with Gasteiger partial charge in [0.05, 0.1) is 29.0 Å². The fourth-order valence-electron chi connectivity index (χ4n) is 5.64. The molecular formula is C30H34F4N6O3. The number of H-pyrrole nitrogens is 1. The molecule has 9 nitrogen and oxygen atoms in total. The number of hydrogen-bond acceptors (Lipinski definition) is 7. The number of nitrogens with zero attached hydrogens (tertiary/aromatic N) is 4. The molecule has 0 aliphatic carbocycles. The Bertz CT molecular complexity index is 1540. The Morgan fingerprint density at radius 3 is 2.42 bits per heavy atom. The normalized spacial score (nSPS) is 21.4. The summed E-state index contributed by atoms with van der Waals surface area (Å²) < 4.78 is 65.3. The summed E-state index contributed by atoms with van der Waals surface area (Å²) in [5, 5.41) is 2.41. The van der Waals surface area contributed by atoms with Crippen molar-refractivity contribution in [2.75, 3.05) is 54.9 Å². The number of alkyl halides is 2. The smallest absolute Gasteiger partial charge is 0.264 e. The molecular weight excluding hydrogens is 568 g/mol. The highest BCUT2D eigenvalue weighted by Crippen LogP contribution is 2.39. The van der Waals surface area contributed by atoms with Crippen LogP contribution in [0, 0.1) is 11.6 Å². The maximum absolute atomic E-state index is 16.4. The Labute approximate surface area is 246 Å². The number of amides is 1. The minimum Gasteiger partial charge on any atom is -0.372 e. The van der Waals surface area contributed by atoms with E-state index in [1.807, 2.05) is 32.7 Å². The molecule has 5 rings (SSSR count). The summed E-state index contributed by atoms with van der Waals surface area (Å²) in [6.07, 6.45) is -0.929. The first kappa shape index (κ1) is 30.5. The first-order valence-electron chi connectivity index (χ1n) is 14.1. The first-order chi connectivity index (χ1) is 20.4. The quantitative estimate of drug-likeness (QED) is 0.397. The summed E-state index contributed by atoms with van der Waals surface area (Å²) in [6, 6.07) is 5.02. The largest absolute Gasteiger partial charge is 0.372 e. The average molecular weight is 603 g/mol. The molecule has 230 valence electrons. The van der Waals surface area contributed by atoms with Crippen LogP contribution in [0.3, 0.4) is 0 Å². The van der Waals surface area contributed by atoms with E-state index < -0.39 is 46.2 Å². The summed E-state index contributed by atoms with van der Waals surface area (Å²) in [5.74, 6) is -2.38. The van der Waals surface area contributed by atoms with Crippen molar-refractivity contribution in [2.45, 2.75) is 45.4 Å². The predicted octanol–water partition coefficient (Wildman–Crippen LogP) is 4.66. The van der Waals surface area contributed by atoms with Crippen LogP contribution >= 0.6 is 0 Å². The number of piperazine rings is 1. The third-order valence-corrected chi connectivity index (χ3v) is 7.95. The monoisotopic (exact) mass is 602 g/mol. The zero-order valence-corrected chi connectivity index (χ0v) is 24.3. The number of aromatic amines is 1. The number of halogens is 4. The van der Waals surface area contributed by atoms with E-state index in [1.54, 1.807) is 17.0 Å². The number of morpholine rings is 1. The average Bonchev–Trinajstić information content (AvgIpc) is 2.95. The number of benzene rings is 1. The Balaban J connectivity index is 1.55. The van der Waals surface area contributed by atoms with E-state index in [9.17, 15) is 18.4 Å². The van der Waals surface area contributed by atoms with Gasteiger partial charge in [0.1, 0.15) is 17.3 Å². The molecule has 4 heterocycles. The van der Waals surface area contributed by atoms with Crippen LogP contribution in [0.1, 0.15) is 43.1 Å². The molecule has 1 aromatic carbocycles. The van der Waals surface area contributed by atoms with Crippen LogP contribution in [0.4, 0.5) is 34.8 Å². The van der Waals surface area contributed by atoms with E-state index in [1.165, 1.54) is 6.20 Å². The number of aromatic nitrogens is 2. The molecule has 2 saturated heterocycles. The number of likely N-dealkylation sites (N-methyl/N-ethyl adjacent to an activating group) is 1. The van der Waals surface area contributed by atoms with Crippen molar-refractivity contribution in [3.63, 3.8) is 0 Å². The van der Waals surface area contributed by atoms with Crippen molar-refractivity contribution in [3.05, 3.63) is 69.8 Å². The lowest BCUT2D eigenvalue weighted by Crippen LogP contribution is -2.50. The van der Waals surface area contributed by atoms with Gasteiger partial charge < -0.3 is 29.7 Å². The number of nitrogens with one attached hydrogen (secondary N) is 2. The topological polar surface area (TPSA) is 93.8 Å². The highest BCUT2D eigenvalue weighted by atomic mass is 19.3. The molecule has 3 atom stereocenters. The van der Waals surface area contributed by atoms with E-state index >= 15 is 8.78 Å². The number of ether oxygens (including phenoxy) is 1. The van der Waals surface area contributed by atoms with Crippen LogP contribution in [0.5, 0.6) is 0 Å². The molecule has 2 aliphatic rings. The second-order valence-corrected chi connectivity index (χ2v) is 11.2. The van der Waals surface area contributed by atoms with Crippen LogP contribution in [0.2, 0.25) is 0 Å². The van der Waals surface area contributed by atoms with Crippen molar-refractivity contribution < 1.29 is 27.1 Å². The van der Waals surface area contributed by atoms with Crippen molar-refractivity contribution in [3.8, 4) is 11.1 Å². The number of anilines is 3. The highest BCUT2D eigenvalue weighted by molar-refractivity contribution is 6.07. The van der Waals surface area contributed by atoms with E-state index in [0.717, 1.165) is 12.3 Å². The molecule has 2 fully saturated rings. The van der Waals surface area contributed by atoms with Gasteiger partial charge in [0.25, 0.3) is 12.3 Å². The van der Waals surface area contributed by atoms with Crippen molar-refractivity contribution in [2.24, 2.45) is 0 Å². The van der Waals surface area contributed by atoms with E-state index in [4.69, 9.17) is 4.74 Å². The van der Waals surface area contributed by atoms with Gasteiger partial charge in [-0.25, -0.2) is 22.5 Å². The van der Waals surface area contributed by atoms with Gasteiger partial charge in [0.2, 0.25) is 5.56 Å². The molecule has 0 unspecified atom stereocenters. The molecule has 43 heavy (non-hydrogen) atoms. The standard InChI is InChI=1S/C30H34F4N6O3/c1-16-13-39(8-7-38(16)4)23-10-22(31)26(19-5-6-24(35-11-19)40-14-17(2)43-18(3)15-40)27(32)28(23)37-30(42)21-12-36-25(41)9-20(21)29(33)34/h5-6,9-12,16-18,29H,7-8,13-15H2,1-4H3,(H,36,41)(H,37,42)/t16-,17-,18+/m0/s1. The van der Waals surface area contributed by atoms with Gasteiger partial charge in [0.15, 0.2) is 5.82 Å². The number of pyridine rings is 2. The van der Waals surface area contributed by atoms with E-state index in [0.29, 0.717) is 44.6 Å². The molecule has 2 aromatic heterocycles. The van der Waals surface area contributed by atoms with Crippen LogP contribution in [0.15, 0.2) is 41.5 Å². The fourth-order valence-corrected chi connectivity index (χ4v) is 5.64. The zero-order chi connectivity index (χ0) is 31.0. The van der Waals surface area contributed by atoms with Gasteiger partial charge in [0, 0.05) is 74.4 Å². The summed E-state index contributed by atoms with van der Waals surface area (Å²) in [7, 11) is 1.94. The van der Waals surface area contributed by atoms with Crippen molar-refractivity contribution in [1.82, 2.24) is 14.9 Å². The lowest BCUT2D eigenvalue weighted by atomic mass is 10.0. The Morgan fingerprint density at radius 1 is 1.07 bits per heavy atom. The molecule has 0 radical (unpaired) electrons. The second-order valence-electron chi connectivity index (χ2n) is 11.2. The molecule has 13 heteroatoms. The third-order valence-electron chi connectivity index (χ3n) is 7.95. The molecule has 0 spiro atoms. The van der Waals surface area contributed by atoms with Crippen LogP contribution in [-0.2, 0) is 4.74 Å². The highest BCUT2D eigenvalue weighted by Gasteiger charge is 2.30. The molecule has 2 N–H and O–H groups in total. The molecule has 3 aromatic rings. The van der Waals surface area contributed by atoms with Gasteiger partial charge in [-0.05, 0) is 40.0 Å². The van der Waals surface area contributed by atoms with Crippen molar-refractivity contribution >= 4 is 23.1 Å². The Morgan fingerprint density at radius 2 is 1.79 bits per heavy atom. The number of carbonyl (C=O) groups is 1. The SMILES string of the molecule is C[C@@H]1CN(c2ccc(-c3c(F)cc(N4CCN(C)[C@@H](C)C4)c(NC(=O)c4c[nH]c(=O)cc4C(F)F)c3F)cn2)C[C@H](C)O1. The summed E-state index contributed by atoms with van der Waals surface area (Å²) in [4.78, 5) is 37.5. The van der Waals surface area contributed by atoms with Crippen LogP contribution in [-0.4, -0.2) is 78.8 Å². The second kappa shape index (κ2) is 12.3. The van der Waals surface area contributed by atoms with E-state index in [2.05, 4.69) is 20.2 Å². The number of rotatable bonds is 6. The van der Waals surface area contributed by atoms with Gasteiger partial charge in [-0.15, -0.1) is 0 Å².